The summed E-state index contributed by atoms with van der Waals surface area (Å²) in [4.78, 5) is 2.41. The van der Waals surface area contributed by atoms with Gasteiger partial charge in [-0.3, -0.25) is 4.90 Å². The summed E-state index contributed by atoms with van der Waals surface area (Å²) >= 11 is 0. The van der Waals surface area contributed by atoms with Gasteiger partial charge in [-0.2, -0.15) is 4.31 Å². The normalized spacial score (nSPS) is 26.3. The van der Waals surface area contributed by atoms with Gasteiger partial charge in [-0.15, -0.1) is 12.4 Å². The van der Waals surface area contributed by atoms with Crippen molar-refractivity contribution in [1.82, 2.24) is 14.5 Å². The monoisotopic (exact) mass is 313 g/mol. The van der Waals surface area contributed by atoms with E-state index in [0.29, 0.717) is 19.1 Å². The van der Waals surface area contributed by atoms with Crippen LogP contribution in [0.3, 0.4) is 0 Å². The molecule has 2 aliphatic rings. The fraction of sp³-hybridized carbons (Fsp3) is 1.00. The molecule has 6 nitrogen and oxygen atoms in total. The SMILES string of the molecule is COCCS(=O)(=O)N1CCN(C2CCNC2)CC1.Cl. The van der Waals surface area contributed by atoms with Crippen molar-refractivity contribution < 1.29 is 13.2 Å². The molecule has 2 aliphatic heterocycles. The molecular weight excluding hydrogens is 290 g/mol. The largest absolute Gasteiger partial charge is 0.384 e. The molecule has 1 unspecified atom stereocenters. The lowest BCUT2D eigenvalue weighted by atomic mass is 10.2. The lowest BCUT2D eigenvalue weighted by Gasteiger charge is -2.37. The summed E-state index contributed by atoms with van der Waals surface area (Å²) in [7, 11) is -1.60. The number of sulfonamides is 1. The van der Waals surface area contributed by atoms with Gasteiger partial charge in [0, 0.05) is 45.9 Å². The molecular formula is C11H24ClN3O3S. The van der Waals surface area contributed by atoms with Crippen molar-refractivity contribution in [1.29, 1.82) is 0 Å². The van der Waals surface area contributed by atoms with Gasteiger partial charge in [-0.25, -0.2) is 8.42 Å². The van der Waals surface area contributed by atoms with E-state index in [4.69, 9.17) is 4.74 Å². The van der Waals surface area contributed by atoms with E-state index in [2.05, 4.69) is 10.2 Å². The molecule has 0 amide bonds. The number of nitrogens with zero attached hydrogens (tertiary/aromatic N) is 2. The second-order valence-corrected chi connectivity index (χ2v) is 6.98. The van der Waals surface area contributed by atoms with Gasteiger partial charge in [0.15, 0.2) is 0 Å². The maximum absolute atomic E-state index is 12.0. The highest BCUT2D eigenvalue weighted by Gasteiger charge is 2.30. The highest BCUT2D eigenvalue weighted by Crippen LogP contribution is 2.14. The third kappa shape index (κ3) is 4.54. The molecule has 0 aromatic carbocycles. The first kappa shape index (κ1) is 17.1. The summed E-state index contributed by atoms with van der Waals surface area (Å²) in [6.07, 6.45) is 1.18. The Labute approximate surface area is 121 Å². The van der Waals surface area contributed by atoms with Crippen LogP contribution in [0.4, 0.5) is 0 Å². The van der Waals surface area contributed by atoms with Crippen LogP contribution < -0.4 is 5.32 Å². The number of hydrogen-bond acceptors (Lipinski definition) is 5. The minimum Gasteiger partial charge on any atom is -0.384 e. The highest BCUT2D eigenvalue weighted by molar-refractivity contribution is 7.89. The molecule has 2 saturated heterocycles. The molecule has 0 saturated carbocycles. The van der Waals surface area contributed by atoms with Crippen LogP contribution in [0.15, 0.2) is 0 Å². The quantitative estimate of drug-likeness (QED) is 0.732. The summed E-state index contributed by atoms with van der Waals surface area (Å²) in [5, 5.41) is 3.35. The van der Waals surface area contributed by atoms with Gasteiger partial charge in [-0.05, 0) is 13.0 Å². The van der Waals surface area contributed by atoms with E-state index < -0.39 is 10.0 Å². The summed E-state index contributed by atoms with van der Waals surface area (Å²) in [5.41, 5.74) is 0. The molecule has 0 spiro atoms. The fourth-order valence-corrected chi connectivity index (χ4v) is 3.97. The third-order valence-electron chi connectivity index (χ3n) is 3.76. The Hall–Kier alpha value is 0.0800. The topological polar surface area (TPSA) is 61.9 Å². The van der Waals surface area contributed by atoms with Gasteiger partial charge in [0.1, 0.15) is 0 Å². The Morgan fingerprint density at radius 2 is 1.95 bits per heavy atom. The van der Waals surface area contributed by atoms with Crippen LogP contribution in [0.25, 0.3) is 0 Å². The smallest absolute Gasteiger partial charge is 0.216 e. The van der Waals surface area contributed by atoms with Crippen LogP contribution in [0.1, 0.15) is 6.42 Å². The Kier molecular flexibility index (Phi) is 6.99. The molecule has 2 heterocycles. The average molecular weight is 314 g/mol. The van der Waals surface area contributed by atoms with E-state index in [1.165, 1.54) is 13.5 Å². The van der Waals surface area contributed by atoms with Crippen LogP contribution >= 0.6 is 12.4 Å². The number of methoxy groups -OCH3 is 1. The molecule has 2 fully saturated rings. The zero-order chi connectivity index (χ0) is 13.0. The number of halogens is 1. The highest BCUT2D eigenvalue weighted by atomic mass is 35.5. The Bertz CT molecular complexity index is 352. The van der Waals surface area contributed by atoms with E-state index in [-0.39, 0.29) is 24.8 Å². The second-order valence-electron chi connectivity index (χ2n) is 4.89. The van der Waals surface area contributed by atoms with Crippen molar-refractivity contribution in [2.75, 3.05) is 58.7 Å². The number of ether oxygens (including phenoxy) is 1. The number of nitrogens with one attached hydrogen (secondary N) is 1. The van der Waals surface area contributed by atoms with Gasteiger partial charge in [0.05, 0.1) is 12.4 Å². The number of rotatable bonds is 5. The van der Waals surface area contributed by atoms with E-state index in [9.17, 15) is 8.42 Å². The number of hydrogen-bond donors (Lipinski definition) is 1. The van der Waals surface area contributed by atoms with E-state index in [1.54, 1.807) is 4.31 Å². The van der Waals surface area contributed by atoms with E-state index >= 15 is 0 Å². The Balaban J connectivity index is 0.00000180. The van der Waals surface area contributed by atoms with E-state index in [0.717, 1.165) is 26.2 Å². The second kappa shape index (κ2) is 7.75. The predicted molar refractivity (Wildman–Crippen MR) is 77.3 cm³/mol. The maximum atomic E-state index is 12.0. The summed E-state index contributed by atoms with van der Waals surface area (Å²) in [6.45, 7) is 5.31. The molecule has 0 radical (unpaired) electrons. The molecule has 1 N–H and O–H groups in total. The van der Waals surface area contributed by atoms with Gasteiger partial charge >= 0.3 is 0 Å². The van der Waals surface area contributed by atoms with Crippen LogP contribution in [-0.2, 0) is 14.8 Å². The zero-order valence-corrected chi connectivity index (χ0v) is 13.0. The third-order valence-corrected chi connectivity index (χ3v) is 5.60. The van der Waals surface area contributed by atoms with Crippen LogP contribution in [-0.4, -0.2) is 82.4 Å². The summed E-state index contributed by atoms with van der Waals surface area (Å²) in [5.74, 6) is 0.0918. The van der Waals surface area contributed by atoms with Crippen molar-refractivity contribution in [3.63, 3.8) is 0 Å². The van der Waals surface area contributed by atoms with Crippen molar-refractivity contribution in [2.45, 2.75) is 12.5 Å². The molecule has 1 atom stereocenters. The van der Waals surface area contributed by atoms with Crippen LogP contribution in [0.2, 0.25) is 0 Å². The number of piperazine rings is 1. The first-order chi connectivity index (χ1) is 8.63. The van der Waals surface area contributed by atoms with Crippen molar-refractivity contribution in [3.05, 3.63) is 0 Å². The molecule has 0 aromatic heterocycles. The maximum Gasteiger partial charge on any atom is 0.216 e. The average Bonchev–Trinajstić information content (AvgIpc) is 2.90. The van der Waals surface area contributed by atoms with Gasteiger partial charge in [-0.1, -0.05) is 0 Å². The molecule has 8 heteroatoms. The minimum atomic E-state index is -3.13. The molecule has 0 aliphatic carbocycles. The van der Waals surface area contributed by atoms with Crippen molar-refractivity contribution >= 4 is 22.4 Å². The lowest BCUT2D eigenvalue weighted by molar-refractivity contribution is 0.144. The minimum absolute atomic E-state index is 0. The Morgan fingerprint density at radius 1 is 1.26 bits per heavy atom. The van der Waals surface area contributed by atoms with Gasteiger partial charge < -0.3 is 10.1 Å². The molecule has 0 aromatic rings. The van der Waals surface area contributed by atoms with Crippen molar-refractivity contribution in [3.8, 4) is 0 Å². The van der Waals surface area contributed by atoms with Crippen molar-refractivity contribution in [2.24, 2.45) is 0 Å². The molecule has 114 valence electrons. The summed E-state index contributed by atoms with van der Waals surface area (Å²) < 4.78 is 30.4. The first-order valence-electron chi connectivity index (χ1n) is 6.55. The standard InChI is InChI=1S/C11H23N3O3S.ClH/c1-17-8-9-18(15,16)14-6-4-13(5-7-14)11-2-3-12-10-11;/h11-12H,2-10H2,1H3;1H. The van der Waals surface area contributed by atoms with E-state index in [1.807, 2.05) is 0 Å². The van der Waals surface area contributed by atoms with Crippen LogP contribution in [0.5, 0.6) is 0 Å². The fourth-order valence-electron chi connectivity index (χ4n) is 2.62. The van der Waals surface area contributed by atoms with Crippen LogP contribution in [0, 0.1) is 0 Å². The molecule has 19 heavy (non-hydrogen) atoms. The Morgan fingerprint density at radius 3 is 2.47 bits per heavy atom. The first-order valence-corrected chi connectivity index (χ1v) is 8.16. The van der Waals surface area contributed by atoms with Gasteiger partial charge in [0.2, 0.25) is 10.0 Å². The molecule has 2 rings (SSSR count). The zero-order valence-electron chi connectivity index (χ0n) is 11.4. The predicted octanol–water partition coefficient (Wildman–Crippen LogP) is -0.636. The molecule has 0 bridgehead atoms. The van der Waals surface area contributed by atoms with Gasteiger partial charge in [0.25, 0.3) is 0 Å². The summed E-state index contributed by atoms with van der Waals surface area (Å²) in [6, 6.07) is 0.592. The lowest BCUT2D eigenvalue weighted by Crippen LogP contribution is -2.53.